The molecular formula is C19H23N7O2. The van der Waals surface area contributed by atoms with Crippen LogP contribution in [0.2, 0.25) is 0 Å². The summed E-state index contributed by atoms with van der Waals surface area (Å²) < 4.78 is 7.30. The third-order valence-electron chi connectivity index (χ3n) is 4.80. The molecule has 1 aliphatic rings. The molecule has 3 aromatic heterocycles. The van der Waals surface area contributed by atoms with Gasteiger partial charge in [0.15, 0.2) is 0 Å². The summed E-state index contributed by atoms with van der Waals surface area (Å²) in [7, 11) is 1.57. The first-order chi connectivity index (χ1) is 13.6. The number of hydrogen-bond acceptors (Lipinski definition) is 6. The Kier molecular flexibility index (Phi) is 4.72. The molecule has 4 rings (SSSR count). The van der Waals surface area contributed by atoms with Crippen LogP contribution >= 0.6 is 0 Å². The quantitative estimate of drug-likeness (QED) is 0.680. The first-order valence-corrected chi connectivity index (χ1v) is 9.23. The molecule has 9 nitrogen and oxygen atoms in total. The molecule has 0 bridgehead atoms. The smallest absolute Gasteiger partial charge is 0.250 e. The van der Waals surface area contributed by atoms with E-state index in [0.29, 0.717) is 24.7 Å². The number of ether oxygens (including phenoxy) is 1. The number of aromatic nitrogens is 5. The summed E-state index contributed by atoms with van der Waals surface area (Å²) in [4.78, 5) is 19.1. The molecule has 0 saturated carbocycles. The van der Waals surface area contributed by atoms with Gasteiger partial charge in [0.05, 0.1) is 25.2 Å². The summed E-state index contributed by atoms with van der Waals surface area (Å²) in [6.07, 6.45) is 7.84. The molecule has 0 spiro atoms. The Morgan fingerprint density at radius 3 is 2.86 bits per heavy atom. The zero-order valence-corrected chi connectivity index (χ0v) is 16.1. The average Bonchev–Trinajstić information content (AvgIpc) is 3.44. The van der Waals surface area contributed by atoms with Gasteiger partial charge in [-0.25, -0.2) is 0 Å². The SMILES string of the molecule is COc1nc(N2CCC(Nc3cnn(C(C)C)c3)C2=O)ccc1-c1cn[nH]c1. The van der Waals surface area contributed by atoms with Gasteiger partial charge in [0, 0.05) is 36.1 Å². The van der Waals surface area contributed by atoms with Crippen LogP contribution in [0.25, 0.3) is 11.1 Å². The van der Waals surface area contributed by atoms with Crippen molar-refractivity contribution in [1.82, 2.24) is 25.0 Å². The fraction of sp³-hybridized carbons (Fsp3) is 0.368. The Hall–Kier alpha value is -3.36. The highest BCUT2D eigenvalue weighted by Crippen LogP contribution is 2.31. The number of nitrogens with one attached hydrogen (secondary N) is 2. The van der Waals surface area contributed by atoms with Gasteiger partial charge in [0.25, 0.3) is 5.91 Å². The van der Waals surface area contributed by atoms with Gasteiger partial charge in [-0.15, -0.1) is 0 Å². The molecule has 1 fully saturated rings. The summed E-state index contributed by atoms with van der Waals surface area (Å²) in [6, 6.07) is 3.71. The van der Waals surface area contributed by atoms with Gasteiger partial charge in [-0.2, -0.15) is 15.2 Å². The van der Waals surface area contributed by atoms with E-state index in [9.17, 15) is 4.79 Å². The third kappa shape index (κ3) is 3.30. The number of rotatable bonds is 6. The van der Waals surface area contributed by atoms with E-state index in [0.717, 1.165) is 16.8 Å². The summed E-state index contributed by atoms with van der Waals surface area (Å²) in [5.74, 6) is 1.03. The van der Waals surface area contributed by atoms with Gasteiger partial charge < -0.3 is 10.1 Å². The normalized spacial score (nSPS) is 16.8. The molecule has 1 saturated heterocycles. The van der Waals surface area contributed by atoms with Gasteiger partial charge in [0.2, 0.25) is 5.88 Å². The maximum Gasteiger partial charge on any atom is 0.250 e. The number of aromatic amines is 1. The van der Waals surface area contributed by atoms with Crippen molar-refractivity contribution in [3.05, 3.63) is 36.9 Å². The van der Waals surface area contributed by atoms with E-state index in [2.05, 4.69) is 39.4 Å². The maximum atomic E-state index is 12.9. The van der Waals surface area contributed by atoms with Crippen molar-refractivity contribution in [2.45, 2.75) is 32.4 Å². The minimum Gasteiger partial charge on any atom is -0.480 e. The number of nitrogens with zero attached hydrogens (tertiary/aromatic N) is 5. The number of carbonyl (C=O) groups is 1. The fourth-order valence-corrected chi connectivity index (χ4v) is 3.29. The van der Waals surface area contributed by atoms with Crippen molar-refractivity contribution in [2.24, 2.45) is 0 Å². The number of methoxy groups -OCH3 is 1. The van der Waals surface area contributed by atoms with Crippen LogP contribution in [0.15, 0.2) is 36.9 Å². The number of H-pyrrole nitrogens is 1. The lowest BCUT2D eigenvalue weighted by Crippen LogP contribution is -2.33. The molecule has 1 aliphatic heterocycles. The second kappa shape index (κ2) is 7.34. The first kappa shape index (κ1) is 18.0. The van der Waals surface area contributed by atoms with Crippen molar-refractivity contribution in [2.75, 3.05) is 23.9 Å². The van der Waals surface area contributed by atoms with E-state index in [4.69, 9.17) is 4.74 Å². The van der Waals surface area contributed by atoms with E-state index in [1.165, 1.54) is 0 Å². The van der Waals surface area contributed by atoms with Crippen molar-refractivity contribution in [3.63, 3.8) is 0 Å². The highest BCUT2D eigenvalue weighted by atomic mass is 16.5. The molecule has 0 aromatic carbocycles. The Morgan fingerprint density at radius 2 is 2.18 bits per heavy atom. The van der Waals surface area contributed by atoms with Gasteiger partial charge in [0.1, 0.15) is 11.9 Å². The number of anilines is 2. The average molecular weight is 381 g/mol. The molecule has 0 radical (unpaired) electrons. The van der Waals surface area contributed by atoms with Crippen LogP contribution < -0.4 is 15.0 Å². The van der Waals surface area contributed by atoms with Crippen LogP contribution in [0.1, 0.15) is 26.3 Å². The number of hydrogen-bond donors (Lipinski definition) is 2. The predicted molar refractivity (Wildman–Crippen MR) is 105 cm³/mol. The minimum absolute atomic E-state index is 0.0112. The Bertz CT molecular complexity index is 965. The number of pyridine rings is 1. The van der Waals surface area contributed by atoms with Crippen molar-refractivity contribution in [1.29, 1.82) is 0 Å². The van der Waals surface area contributed by atoms with Crippen LogP contribution in [0.5, 0.6) is 5.88 Å². The van der Waals surface area contributed by atoms with E-state index < -0.39 is 0 Å². The highest BCUT2D eigenvalue weighted by molar-refractivity contribution is 6.00. The van der Waals surface area contributed by atoms with Crippen LogP contribution in [-0.2, 0) is 4.79 Å². The van der Waals surface area contributed by atoms with Gasteiger partial charge in [-0.3, -0.25) is 19.5 Å². The maximum absolute atomic E-state index is 12.9. The number of amides is 1. The first-order valence-electron chi connectivity index (χ1n) is 9.23. The third-order valence-corrected chi connectivity index (χ3v) is 4.80. The van der Waals surface area contributed by atoms with Gasteiger partial charge in [-0.05, 0) is 32.4 Å². The lowest BCUT2D eigenvalue weighted by molar-refractivity contribution is -0.117. The Morgan fingerprint density at radius 1 is 1.32 bits per heavy atom. The molecule has 0 aliphatic carbocycles. The molecule has 9 heteroatoms. The number of carbonyl (C=O) groups excluding carboxylic acids is 1. The summed E-state index contributed by atoms with van der Waals surface area (Å²) in [5.41, 5.74) is 2.54. The zero-order chi connectivity index (χ0) is 19.7. The highest BCUT2D eigenvalue weighted by Gasteiger charge is 2.34. The molecule has 2 N–H and O–H groups in total. The summed E-state index contributed by atoms with van der Waals surface area (Å²) >= 11 is 0. The standard InChI is InChI=1S/C19H23N7O2/c1-12(2)26-11-14(10-22-26)23-16-6-7-25(19(16)27)17-5-4-15(18(24-17)28-3)13-8-20-21-9-13/h4-5,8-12,16,23H,6-7H2,1-3H3,(H,20,21). The van der Waals surface area contributed by atoms with Crippen LogP contribution in [0.4, 0.5) is 11.5 Å². The van der Waals surface area contributed by atoms with Crippen molar-refractivity contribution >= 4 is 17.4 Å². The van der Waals surface area contributed by atoms with Crippen LogP contribution in [-0.4, -0.2) is 50.6 Å². The summed E-state index contributed by atoms with van der Waals surface area (Å²) in [6.45, 7) is 4.72. The second-order valence-electron chi connectivity index (χ2n) is 6.99. The van der Waals surface area contributed by atoms with Crippen molar-refractivity contribution in [3.8, 4) is 17.0 Å². The topological polar surface area (TPSA) is 101 Å². The second-order valence-corrected chi connectivity index (χ2v) is 6.99. The largest absolute Gasteiger partial charge is 0.480 e. The fourth-order valence-electron chi connectivity index (χ4n) is 3.29. The molecule has 1 amide bonds. The monoisotopic (exact) mass is 381 g/mol. The minimum atomic E-state index is -0.300. The van der Waals surface area contributed by atoms with E-state index in [1.807, 2.05) is 23.0 Å². The van der Waals surface area contributed by atoms with Crippen LogP contribution in [0, 0.1) is 0 Å². The molecule has 146 valence electrons. The van der Waals surface area contributed by atoms with Crippen molar-refractivity contribution < 1.29 is 9.53 Å². The van der Waals surface area contributed by atoms with E-state index in [1.54, 1.807) is 30.6 Å². The Balaban J connectivity index is 1.51. The predicted octanol–water partition coefficient (Wildman–Crippen LogP) is 2.48. The lowest BCUT2D eigenvalue weighted by atomic mass is 10.1. The molecule has 4 heterocycles. The van der Waals surface area contributed by atoms with E-state index >= 15 is 0 Å². The lowest BCUT2D eigenvalue weighted by Gasteiger charge is -2.18. The molecule has 3 aromatic rings. The zero-order valence-electron chi connectivity index (χ0n) is 16.1. The van der Waals surface area contributed by atoms with Gasteiger partial charge >= 0.3 is 0 Å². The molecule has 28 heavy (non-hydrogen) atoms. The molecule has 1 unspecified atom stereocenters. The molecule has 1 atom stereocenters. The summed E-state index contributed by atoms with van der Waals surface area (Å²) in [5, 5.41) is 14.3. The van der Waals surface area contributed by atoms with Crippen LogP contribution in [0.3, 0.4) is 0 Å². The van der Waals surface area contributed by atoms with Gasteiger partial charge in [-0.1, -0.05) is 0 Å². The molecular weight excluding hydrogens is 358 g/mol. The Labute approximate surface area is 162 Å². The van der Waals surface area contributed by atoms with E-state index in [-0.39, 0.29) is 18.0 Å².